The van der Waals surface area contributed by atoms with Crippen LogP contribution in [-0.2, 0) is 10.0 Å². The Morgan fingerprint density at radius 1 is 1.10 bits per heavy atom. The summed E-state index contributed by atoms with van der Waals surface area (Å²) in [7, 11) is -3.74. The number of pyridine rings is 1. The molecule has 0 saturated heterocycles. The fraction of sp³-hybridized carbons (Fsp3) is 0.154. The van der Waals surface area contributed by atoms with E-state index in [1.807, 2.05) is 6.92 Å². The molecule has 0 spiro atoms. The van der Waals surface area contributed by atoms with Gasteiger partial charge in [-0.1, -0.05) is 0 Å². The van der Waals surface area contributed by atoms with Gasteiger partial charge < -0.3 is 5.73 Å². The molecular formula is C13H13Br2N3O2S. The number of hydrogen-bond acceptors (Lipinski definition) is 4. The summed E-state index contributed by atoms with van der Waals surface area (Å²) in [4.78, 5) is 4.17. The van der Waals surface area contributed by atoms with Crippen LogP contribution in [0.4, 0.5) is 11.5 Å². The van der Waals surface area contributed by atoms with Crippen LogP contribution in [0, 0.1) is 13.8 Å². The third-order valence-corrected chi connectivity index (χ3v) is 5.88. The average molecular weight is 435 g/mol. The first-order valence-electron chi connectivity index (χ1n) is 5.91. The van der Waals surface area contributed by atoms with Gasteiger partial charge in [0.05, 0.1) is 4.90 Å². The number of rotatable bonds is 3. The molecule has 1 aromatic heterocycles. The van der Waals surface area contributed by atoms with E-state index in [1.54, 1.807) is 25.3 Å². The molecule has 3 N–H and O–H groups in total. The Labute approximate surface area is 140 Å². The van der Waals surface area contributed by atoms with Crippen LogP contribution in [0.2, 0.25) is 0 Å². The Morgan fingerprint density at radius 3 is 2.38 bits per heavy atom. The number of nitrogens with one attached hydrogen (secondary N) is 1. The number of nitrogens with zero attached hydrogens (tertiary/aromatic N) is 1. The van der Waals surface area contributed by atoms with Crippen molar-refractivity contribution in [1.29, 1.82) is 0 Å². The Bertz CT molecular complexity index is 807. The van der Waals surface area contributed by atoms with Crippen LogP contribution in [0.1, 0.15) is 11.1 Å². The zero-order valence-electron chi connectivity index (χ0n) is 11.3. The number of aryl methyl sites for hydroxylation is 2. The maximum atomic E-state index is 12.4. The van der Waals surface area contributed by atoms with Gasteiger partial charge in [0, 0.05) is 20.8 Å². The molecule has 1 aromatic carbocycles. The molecule has 0 atom stereocenters. The molecule has 0 aliphatic heterocycles. The summed E-state index contributed by atoms with van der Waals surface area (Å²) in [6.07, 6.45) is 1.55. The first-order chi connectivity index (χ1) is 9.70. The Morgan fingerprint density at radius 2 is 1.76 bits per heavy atom. The van der Waals surface area contributed by atoms with Crippen LogP contribution >= 0.6 is 31.9 Å². The fourth-order valence-corrected chi connectivity index (χ4v) is 3.68. The lowest BCUT2D eigenvalue weighted by atomic mass is 10.2. The van der Waals surface area contributed by atoms with E-state index >= 15 is 0 Å². The van der Waals surface area contributed by atoms with Gasteiger partial charge in [0.15, 0.2) is 0 Å². The van der Waals surface area contributed by atoms with Crippen molar-refractivity contribution >= 4 is 53.4 Å². The van der Waals surface area contributed by atoms with Crippen LogP contribution in [0.25, 0.3) is 0 Å². The molecule has 2 aromatic rings. The van der Waals surface area contributed by atoms with Crippen molar-refractivity contribution in [1.82, 2.24) is 4.98 Å². The van der Waals surface area contributed by atoms with E-state index < -0.39 is 10.0 Å². The normalized spacial score (nSPS) is 11.4. The number of nitrogens with two attached hydrogens (primary N) is 1. The summed E-state index contributed by atoms with van der Waals surface area (Å²) in [6, 6.07) is 4.75. The van der Waals surface area contributed by atoms with Crippen molar-refractivity contribution in [2.45, 2.75) is 18.7 Å². The van der Waals surface area contributed by atoms with E-state index in [9.17, 15) is 8.42 Å². The second kappa shape index (κ2) is 5.94. The van der Waals surface area contributed by atoms with Crippen LogP contribution in [0.3, 0.4) is 0 Å². The topological polar surface area (TPSA) is 85.1 Å². The highest BCUT2D eigenvalue weighted by atomic mass is 79.9. The third kappa shape index (κ3) is 3.56. The van der Waals surface area contributed by atoms with Gasteiger partial charge in [-0.25, -0.2) is 13.4 Å². The monoisotopic (exact) mass is 433 g/mol. The second-order valence-electron chi connectivity index (χ2n) is 4.56. The van der Waals surface area contributed by atoms with Crippen molar-refractivity contribution in [3.63, 3.8) is 0 Å². The summed E-state index contributed by atoms with van der Waals surface area (Å²) in [5, 5.41) is 0. The average Bonchev–Trinajstić information content (AvgIpc) is 2.37. The first-order valence-corrected chi connectivity index (χ1v) is 8.98. The van der Waals surface area contributed by atoms with Crippen molar-refractivity contribution in [2.75, 3.05) is 10.5 Å². The smallest absolute Gasteiger partial charge is 0.263 e. The lowest BCUT2D eigenvalue weighted by Crippen LogP contribution is -2.15. The number of sulfonamides is 1. The van der Waals surface area contributed by atoms with Crippen molar-refractivity contribution in [2.24, 2.45) is 0 Å². The minimum absolute atomic E-state index is 0.130. The SMILES string of the molecule is Cc1cc(NS(=O)(=O)c2cc(N)c(Br)cc2C)ncc1Br. The molecular weight excluding hydrogens is 422 g/mol. The van der Waals surface area contributed by atoms with Gasteiger partial charge in [0.2, 0.25) is 0 Å². The Balaban J connectivity index is 2.43. The quantitative estimate of drug-likeness (QED) is 0.722. The number of benzene rings is 1. The van der Waals surface area contributed by atoms with Gasteiger partial charge in [-0.05, 0) is 75.0 Å². The van der Waals surface area contributed by atoms with E-state index in [-0.39, 0.29) is 10.7 Å². The van der Waals surface area contributed by atoms with E-state index in [4.69, 9.17) is 5.73 Å². The predicted octanol–water partition coefficient (Wildman–Crippen LogP) is 3.61. The predicted molar refractivity (Wildman–Crippen MR) is 90.8 cm³/mol. The zero-order valence-corrected chi connectivity index (χ0v) is 15.3. The van der Waals surface area contributed by atoms with Crippen molar-refractivity contribution < 1.29 is 8.42 Å². The largest absolute Gasteiger partial charge is 0.398 e. The third-order valence-electron chi connectivity index (χ3n) is 2.87. The molecule has 5 nitrogen and oxygen atoms in total. The second-order valence-corrected chi connectivity index (χ2v) is 7.92. The number of aromatic nitrogens is 1. The summed E-state index contributed by atoms with van der Waals surface area (Å²) < 4.78 is 28.8. The maximum absolute atomic E-state index is 12.4. The number of halogens is 2. The summed E-state index contributed by atoms with van der Waals surface area (Å²) in [5.74, 6) is 0.261. The molecule has 8 heteroatoms. The zero-order chi connectivity index (χ0) is 15.8. The molecule has 0 aliphatic carbocycles. The number of nitrogen functional groups attached to an aromatic ring is 1. The minimum Gasteiger partial charge on any atom is -0.398 e. The number of hydrogen-bond donors (Lipinski definition) is 2. The van der Waals surface area contributed by atoms with E-state index in [2.05, 4.69) is 41.6 Å². The van der Waals surface area contributed by atoms with Gasteiger partial charge in [-0.2, -0.15) is 0 Å². The minimum atomic E-state index is -3.74. The molecule has 0 amide bonds. The van der Waals surface area contributed by atoms with Crippen LogP contribution in [0.5, 0.6) is 0 Å². The van der Waals surface area contributed by atoms with Crippen LogP contribution < -0.4 is 10.5 Å². The van der Waals surface area contributed by atoms with E-state index in [0.29, 0.717) is 15.7 Å². The summed E-state index contributed by atoms with van der Waals surface area (Å²) in [5.41, 5.74) is 7.60. The summed E-state index contributed by atoms with van der Waals surface area (Å²) >= 11 is 6.60. The number of anilines is 2. The molecule has 1 heterocycles. The van der Waals surface area contributed by atoms with Gasteiger partial charge in [-0.3, -0.25) is 4.72 Å². The Kier molecular flexibility index (Phi) is 4.60. The lowest BCUT2D eigenvalue weighted by molar-refractivity contribution is 0.600. The molecule has 112 valence electrons. The molecule has 0 bridgehead atoms. The highest BCUT2D eigenvalue weighted by Crippen LogP contribution is 2.28. The first kappa shape index (κ1) is 16.3. The van der Waals surface area contributed by atoms with Gasteiger partial charge >= 0.3 is 0 Å². The molecule has 0 saturated carbocycles. The lowest BCUT2D eigenvalue weighted by Gasteiger charge is -2.12. The maximum Gasteiger partial charge on any atom is 0.263 e. The molecule has 21 heavy (non-hydrogen) atoms. The van der Waals surface area contributed by atoms with E-state index in [1.165, 1.54) is 6.07 Å². The Hall–Kier alpha value is -1.12. The molecule has 0 unspecified atom stereocenters. The van der Waals surface area contributed by atoms with Gasteiger partial charge in [0.25, 0.3) is 10.0 Å². The van der Waals surface area contributed by atoms with Gasteiger partial charge in [-0.15, -0.1) is 0 Å². The van der Waals surface area contributed by atoms with Crippen molar-refractivity contribution in [3.05, 3.63) is 44.5 Å². The highest BCUT2D eigenvalue weighted by molar-refractivity contribution is 9.10. The molecule has 0 aliphatic rings. The van der Waals surface area contributed by atoms with Crippen LogP contribution in [-0.4, -0.2) is 13.4 Å². The van der Waals surface area contributed by atoms with Crippen molar-refractivity contribution in [3.8, 4) is 0 Å². The highest BCUT2D eigenvalue weighted by Gasteiger charge is 2.19. The van der Waals surface area contributed by atoms with Gasteiger partial charge in [0.1, 0.15) is 5.82 Å². The van der Waals surface area contributed by atoms with Crippen LogP contribution in [0.15, 0.2) is 38.2 Å². The fourth-order valence-electron chi connectivity index (χ4n) is 1.75. The molecule has 0 fully saturated rings. The van der Waals surface area contributed by atoms with E-state index in [0.717, 1.165) is 10.0 Å². The molecule has 0 radical (unpaired) electrons. The summed E-state index contributed by atoms with van der Waals surface area (Å²) in [6.45, 7) is 3.56. The standard InChI is InChI=1S/C13H13Br2N3O2S/c1-7-4-13(17-6-10(7)15)18-21(19,20)12-5-11(16)9(14)3-8(12)2/h3-6H,16H2,1-2H3,(H,17,18). The molecule has 2 rings (SSSR count).